The third-order valence-corrected chi connectivity index (χ3v) is 2.44. The van der Waals surface area contributed by atoms with Crippen molar-refractivity contribution in [2.75, 3.05) is 14.1 Å². The Morgan fingerprint density at radius 1 is 1.43 bits per heavy atom. The Hall–Kier alpha value is -1.12. The molecule has 0 N–H and O–H groups in total. The second-order valence-electron chi connectivity index (χ2n) is 3.95. The summed E-state index contributed by atoms with van der Waals surface area (Å²) in [5.41, 5.74) is 0. The van der Waals surface area contributed by atoms with Crippen molar-refractivity contribution < 1.29 is 9.59 Å². The smallest absolute Gasteiger partial charge is 0.167 e. The average molecular weight is 195 g/mol. The Labute approximate surface area is 84.8 Å². The molecule has 3 nitrogen and oxygen atoms in total. The zero-order valence-corrected chi connectivity index (χ0v) is 8.82. The van der Waals surface area contributed by atoms with E-state index in [1.165, 1.54) is 6.08 Å². The molecule has 0 saturated heterocycles. The number of nitrogens with zero attached hydrogens (tertiary/aromatic N) is 1. The van der Waals surface area contributed by atoms with Gasteiger partial charge >= 0.3 is 0 Å². The Kier molecular flexibility index (Phi) is 3.86. The van der Waals surface area contributed by atoms with Crippen LogP contribution in [0.25, 0.3) is 0 Å². The van der Waals surface area contributed by atoms with Gasteiger partial charge in [-0.2, -0.15) is 0 Å². The monoisotopic (exact) mass is 195 g/mol. The second-order valence-corrected chi connectivity index (χ2v) is 3.95. The van der Waals surface area contributed by atoms with Crippen molar-refractivity contribution >= 4 is 11.6 Å². The summed E-state index contributed by atoms with van der Waals surface area (Å²) >= 11 is 0. The van der Waals surface area contributed by atoms with Gasteiger partial charge < -0.3 is 4.90 Å². The number of hydrogen-bond donors (Lipinski definition) is 0. The van der Waals surface area contributed by atoms with E-state index in [4.69, 9.17) is 0 Å². The molecule has 0 amide bonds. The Morgan fingerprint density at radius 3 is 2.71 bits per heavy atom. The van der Waals surface area contributed by atoms with Crippen LogP contribution in [0.3, 0.4) is 0 Å². The highest BCUT2D eigenvalue weighted by Crippen LogP contribution is 2.21. The zero-order valence-electron chi connectivity index (χ0n) is 8.82. The summed E-state index contributed by atoms with van der Waals surface area (Å²) in [6.07, 6.45) is 6.46. The predicted molar refractivity (Wildman–Crippen MR) is 54.8 cm³/mol. The lowest BCUT2D eigenvalue weighted by Gasteiger charge is -2.17. The molecule has 3 heteroatoms. The molecular formula is C11H17NO2. The maximum atomic E-state index is 11.6. The lowest BCUT2D eigenvalue weighted by molar-refractivity contribution is -0.131. The Balaban J connectivity index is 2.54. The molecule has 78 valence electrons. The van der Waals surface area contributed by atoms with Crippen molar-refractivity contribution in [3.8, 4) is 0 Å². The van der Waals surface area contributed by atoms with Gasteiger partial charge in [-0.3, -0.25) is 9.59 Å². The van der Waals surface area contributed by atoms with E-state index in [0.717, 1.165) is 19.3 Å². The molecule has 1 aliphatic carbocycles. The molecule has 0 aromatic rings. The summed E-state index contributed by atoms with van der Waals surface area (Å²) in [4.78, 5) is 24.8. The average Bonchev–Trinajstić information content (AvgIpc) is 2.15. The predicted octanol–water partition coefficient (Wildman–Crippen LogP) is 1.39. The maximum Gasteiger partial charge on any atom is 0.167 e. The summed E-state index contributed by atoms with van der Waals surface area (Å²) in [5, 5.41) is 0. The van der Waals surface area contributed by atoms with Crippen molar-refractivity contribution in [1.29, 1.82) is 0 Å². The minimum atomic E-state index is -0.361. The number of ketones is 2. The van der Waals surface area contributed by atoms with E-state index >= 15 is 0 Å². The number of hydrogen-bond acceptors (Lipinski definition) is 3. The quantitative estimate of drug-likeness (QED) is 0.504. The number of rotatable bonds is 3. The first-order chi connectivity index (χ1) is 6.61. The van der Waals surface area contributed by atoms with Gasteiger partial charge in [0.25, 0.3) is 0 Å². The molecule has 1 fully saturated rings. The van der Waals surface area contributed by atoms with Crippen molar-refractivity contribution in [2.24, 2.45) is 5.92 Å². The summed E-state index contributed by atoms with van der Waals surface area (Å²) in [7, 11) is 3.71. The van der Waals surface area contributed by atoms with E-state index in [1.54, 1.807) is 11.1 Å². The molecule has 1 aliphatic rings. The first-order valence-corrected chi connectivity index (χ1v) is 5.02. The molecule has 0 spiro atoms. The molecule has 0 aliphatic heterocycles. The van der Waals surface area contributed by atoms with E-state index < -0.39 is 0 Å². The fraction of sp³-hybridized carbons (Fsp3) is 0.636. The SMILES string of the molecule is CN(C)/C=C/C(=O)[C@H]1CCCCC1=O. The second kappa shape index (κ2) is 4.94. The van der Waals surface area contributed by atoms with Gasteiger partial charge in [-0.15, -0.1) is 0 Å². The molecule has 0 radical (unpaired) electrons. The van der Waals surface area contributed by atoms with Crippen LogP contribution in [0.4, 0.5) is 0 Å². The van der Waals surface area contributed by atoms with Crippen molar-refractivity contribution in [3.63, 3.8) is 0 Å². The molecule has 1 atom stereocenters. The van der Waals surface area contributed by atoms with Crippen LogP contribution < -0.4 is 0 Å². The number of Topliss-reactive ketones (excluding diaryl/α,β-unsaturated/α-hetero) is 1. The van der Waals surface area contributed by atoms with Gasteiger partial charge in [0.1, 0.15) is 5.78 Å². The maximum absolute atomic E-state index is 11.6. The Morgan fingerprint density at radius 2 is 2.14 bits per heavy atom. The molecule has 1 rings (SSSR count). The summed E-state index contributed by atoms with van der Waals surface area (Å²) < 4.78 is 0. The molecule has 0 unspecified atom stereocenters. The van der Waals surface area contributed by atoms with Gasteiger partial charge in [-0.25, -0.2) is 0 Å². The molecule has 0 aromatic carbocycles. The topological polar surface area (TPSA) is 37.4 Å². The minimum Gasteiger partial charge on any atom is -0.383 e. The van der Waals surface area contributed by atoms with Gasteiger partial charge in [0.2, 0.25) is 0 Å². The van der Waals surface area contributed by atoms with Crippen LogP contribution in [-0.4, -0.2) is 30.6 Å². The van der Waals surface area contributed by atoms with Crippen LogP contribution in [0.15, 0.2) is 12.3 Å². The minimum absolute atomic E-state index is 0.0385. The van der Waals surface area contributed by atoms with Crippen LogP contribution in [0.2, 0.25) is 0 Å². The largest absolute Gasteiger partial charge is 0.383 e. The van der Waals surface area contributed by atoms with E-state index in [2.05, 4.69) is 0 Å². The van der Waals surface area contributed by atoms with Crippen LogP contribution in [-0.2, 0) is 9.59 Å². The van der Waals surface area contributed by atoms with Crippen LogP contribution in [0, 0.1) is 5.92 Å². The highest BCUT2D eigenvalue weighted by Gasteiger charge is 2.26. The van der Waals surface area contributed by atoms with Crippen LogP contribution >= 0.6 is 0 Å². The standard InChI is InChI=1S/C11H17NO2/c1-12(2)8-7-11(14)9-5-3-4-6-10(9)13/h7-9H,3-6H2,1-2H3/b8-7+/t9-/m0/s1. The molecule has 1 saturated carbocycles. The third-order valence-electron chi connectivity index (χ3n) is 2.44. The zero-order chi connectivity index (χ0) is 10.6. The van der Waals surface area contributed by atoms with Crippen molar-refractivity contribution in [1.82, 2.24) is 4.90 Å². The van der Waals surface area contributed by atoms with E-state index in [-0.39, 0.29) is 17.5 Å². The molecule has 0 bridgehead atoms. The van der Waals surface area contributed by atoms with E-state index in [1.807, 2.05) is 14.1 Å². The van der Waals surface area contributed by atoms with Gasteiger partial charge in [-0.1, -0.05) is 6.42 Å². The summed E-state index contributed by atoms with van der Waals surface area (Å²) in [6.45, 7) is 0. The normalized spacial score (nSPS) is 22.7. The molecule has 0 heterocycles. The Bertz CT molecular complexity index is 256. The van der Waals surface area contributed by atoms with Crippen molar-refractivity contribution in [3.05, 3.63) is 12.3 Å². The van der Waals surface area contributed by atoms with Crippen LogP contribution in [0.1, 0.15) is 25.7 Å². The number of carbonyl (C=O) groups excluding carboxylic acids is 2. The molecular weight excluding hydrogens is 178 g/mol. The van der Waals surface area contributed by atoms with Gasteiger partial charge in [0, 0.05) is 26.7 Å². The number of carbonyl (C=O) groups is 2. The first-order valence-electron chi connectivity index (χ1n) is 5.02. The van der Waals surface area contributed by atoms with Crippen molar-refractivity contribution in [2.45, 2.75) is 25.7 Å². The summed E-state index contributed by atoms with van der Waals surface area (Å²) in [6, 6.07) is 0. The van der Waals surface area contributed by atoms with Gasteiger partial charge in [0.05, 0.1) is 5.92 Å². The first kappa shape index (κ1) is 11.0. The third kappa shape index (κ3) is 2.98. The number of allylic oxidation sites excluding steroid dienone is 1. The highest BCUT2D eigenvalue weighted by atomic mass is 16.1. The van der Waals surface area contributed by atoms with E-state index in [9.17, 15) is 9.59 Å². The lowest BCUT2D eigenvalue weighted by atomic mass is 9.85. The molecule has 0 aromatic heterocycles. The summed E-state index contributed by atoms with van der Waals surface area (Å²) in [5.74, 6) is -0.284. The van der Waals surface area contributed by atoms with Gasteiger partial charge in [0.15, 0.2) is 5.78 Å². The lowest BCUT2D eigenvalue weighted by Crippen LogP contribution is -2.26. The van der Waals surface area contributed by atoms with Gasteiger partial charge in [-0.05, 0) is 18.9 Å². The van der Waals surface area contributed by atoms with Crippen LogP contribution in [0.5, 0.6) is 0 Å². The highest BCUT2D eigenvalue weighted by molar-refractivity contribution is 6.07. The fourth-order valence-corrected chi connectivity index (χ4v) is 1.62. The molecule has 14 heavy (non-hydrogen) atoms. The fourth-order valence-electron chi connectivity index (χ4n) is 1.62. The van der Waals surface area contributed by atoms with E-state index in [0.29, 0.717) is 6.42 Å².